The lowest BCUT2D eigenvalue weighted by atomic mass is 10.1. The van der Waals surface area contributed by atoms with Gasteiger partial charge in [-0.15, -0.1) is 11.3 Å². The van der Waals surface area contributed by atoms with Crippen LogP contribution in [0.15, 0.2) is 182 Å². The fourth-order valence-corrected chi connectivity index (χ4v) is 9.44. The number of fused-ring (bicyclic) bond motifs is 9. The number of nitrogens with zero attached hydrogens (tertiary/aromatic N) is 3. The van der Waals surface area contributed by atoms with E-state index >= 15 is 0 Å². The van der Waals surface area contributed by atoms with Crippen molar-refractivity contribution >= 4 is 92.2 Å². The highest BCUT2D eigenvalue weighted by atomic mass is 32.1. The molecule has 0 aliphatic carbocycles. The molecule has 0 spiro atoms. The predicted molar refractivity (Wildman–Crippen MR) is 223 cm³/mol. The lowest BCUT2D eigenvalue weighted by Crippen LogP contribution is -2.11. The second kappa shape index (κ2) is 11.7. The van der Waals surface area contributed by atoms with Crippen LogP contribution in [-0.4, -0.2) is 9.13 Å². The van der Waals surface area contributed by atoms with Crippen LogP contribution in [0.25, 0.3) is 75.2 Å². The van der Waals surface area contributed by atoms with Crippen LogP contribution < -0.4 is 4.90 Å². The van der Waals surface area contributed by atoms with E-state index in [4.69, 9.17) is 0 Å². The third-order valence-electron chi connectivity index (χ3n) is 10.5. The normalized spacial score (nSPS) is 11.9. The van der Waals surface area contributed by atoms with Gasteiger partial charge in [0.25, 0.3) is 0 Å². The van der Waals surface area contributed by atoms with Gasteiger partial charge in [-0.3, -0.25) is 0 Å². The van der Waals surface area contributed by atoms with Crippen LogP contribution in [0, 0.1) is 5.82 Å². The van der Waals surface area contributed by atoms with Crippen molar-refractivity contribution < 1.29 is 4.39 Å². The Labute approximate surface area is 308 Å². The first-order valence-electron chi connectivity index (χ1n) is 17.8. The molecule has 3 aromatic heterocycles. The van der Waals surface area contributed by atoms with E-state index in [0.29, 0.717) is 0 Å². The van der Waals surface area contributed by atoms with E-state index < -0.39 is 0 Å². The van der Waals surface area contributed by atoms with Crippen LogP contribution in [0.5, 0.6) is 0 Å². The van der Waals surface area contributed by atoms with Crippen LogP contribution >= 0.6 is 11.3 Å². The highest BCUT2D eigenvalue weighted by molar-refractivity contribution is 7.25. The smallest absolute Gasteiger partial charge is 0.125 e. The quantitative estimate of drug-likeness (QED) is 0.174. The molecule has 0 aliphatic heterocycles. The van der Waals surface area contributed by atoms with E-state index in [0.717, 1.165) is 61.3 Å². The van der Waals surface area contributed by atoms with Gasteiger partial charge in [-0.05, 0) is 84.9 Å². The predicted octanol–water partition coefficient (Wildman–Crippen LogP) is 13.9. The monoisotopic (exact) mass is 699 g/mol. The van der Waals surface area contributed by atoms with Crippen molar-refractivity contribution in [3.05, 3.63) is 188 Å². The molecule has 3 heterocycles. The molecule has 11 rings (SSSR count). The van der Waals surface area contributed by atoms with Crippen LogP contribution in [0.3, 0.4) is 0 Å². The summed E-state index contributed by atoms with van der Waals surface area (Å²) < 4.78 is 22.0. The first-order chi connectivity index (χ1) is 26.2. The Kier molecular flexibility index (Phi) is 6.60. The summed E-state index contributed by atoms with van der Waals surface area (Å²) in [5, 5.41) is 7.12. The summed E-state index contributed by atoms with van der Waals surface area (Å²) in [6.45, 7) is 0. The third kappa shape index (κ3) is 4.57. The summed E-state index contributed by atoms with van der Waals surface area (Å²) >= 11 is 1.82. The van der Waals surface area contributed by atoms with Crippen molar-refractivity contribution in [1.82, 2.24) is 9.13 Å². The SMILES string of the molecule is Fc1cccc(-n2c3ccccc3c3cccc(N(c4ccc5c(c4)sc4ccccc45)c4ccc5c(c4)c4ccccc4n5-c4ccccc4)c32)c1. The van der Waals surface area contributed by atoms with Gasteiger partial charge in [-0.25, -0.2) is 4.39 Å². The van der Waals surface area contributed by atoms with E-state index in [-0.39, 0.29) is 5.82 Å². The lowest BCUT2D eigenvalue weighted by Gasteiger charge is -2.27. The largest absolute Gasteiger partial charge is 0.309 e. The molecule has 0 fully saturated rings. The number of rotatable bonds is 5. The molecule has 11 aromatic rings. The molecule has 53 heavy (non-hydrogen) atoms. The Balaban J connectivity index is 1.24. The van der Waals surface area contributed by atoms with E-state index in [9.17, 15) is 4.39 Å². The minimum atomic E-state index is -0.266. The van der Waals surface area contributed by atoms with Crippen molar-refractivity contribution in [2.75, 3.05) is 4.90 Å². The van der Waals surface area contributed by atoms with Crippen LogP contribution in [0.2, 0.25) is 0 Å². The Hall–Kier alpha value is -6.69. The first-order valence-corrected chi connectivity index (χ1v) is 18.6. The summed E-state index contributed by atoms with van der Waals surface area (Å²) in [6, 6.07) is 63.4. The molecule has 0 unspecified atom stereocenters. The summed E-state index contributed by atoms with van der Waals surface area (Å²) in [5.74, 6) is -0.266. The zero-order chi connectivity index (χ0) is 35.0. The highest BCUT2D eigenvalue weighted by Gasteiger charge is 2.23. The van der Waals surface area contributed by atoms with E-state index in [2.05, 4.69) is 172 Å². The maximum absolute atomic E-state index is 15.0. The second-order valence-electron chi connectivity index (χ2n) is 13.5. The van der Waals surface area contributed by atoms with Gasteiger partial charge in [-0.1, -0.05) is 97.1 Å². The number of aromatic nitrogens is 2. The standard InChI is InChI=1S/C48H30FN3S/c49-31-12-10-15-33(28-31)52-43-21-8-4-16-36(43)40-19-11-22-45(48(40)52)50(35-24-26-39-38-18-6-9-23-46(38)53-47(39)30-35)34-25-27-44-41(29-34)37-17-5-7-20-42(37)51(44)32-13-2-1-3-14-32/h1-30H. The molecule has 250 valence electrons. The van der Waals surface area contributed by atoms with Gasteiger partial charge in [0.15, 0.2) is 0 Å². The molecule has 8 aromatic carbocycles. The molecule has 5 heteroatoms. The topological polar surface area (TPSA) is 13.1 Å². The van der Waals surface area contributed by atoms with Gasteiger partial charge in [0.2, 0.25) is 0 Å². The molecular weight excluding hydrogens is 670 g/mol. The molecule has 0 N–H and O–H groups in total. The summed E-state index contributed by atoms with van der Waals surface area (Å²) in [4.78, 5) is 2.38. The molecule has 0 atom stereocenters. The molecular formula is C48H30FN3S. The number of thiophene rings is 1. The van der Waals surface area contributed by atoms with Crippen molar-refractivity contribution in [1.29, 1.82) is 0 Å². The molecule has 0 amide bonds. The van der Waals surface area contributed by atoms with Crippen LogP contribution in [0.1, 0.15) is 0 Å². The lowest BCUT2D eigenvalue weighted by molar-refractivity contribution is 0.627. The average Bonchev–Trinajstić information content (AvgIpc) is 3.86. The van der Waals surface area contributed by atoms with Crippen molar-refractivity contribution in [2.45, 2.75) is 0 Å². The zero-order valence-electron chi connectivity index (χ0n) is 28.4. The van der Waals surface area contributed by atoms with Gasteiger partial charge >= 0.3 is 0 Å². The number of benzene rings is 8. The molecule has 0 bridgehead atoms. The fraction of sp³-hybridized carbons (Fsp3) is 0. The second-order valence-corrected chi connectivity index (χ2v) is 14.6. The summed E-state index contributed by atoms with van der Waals surface area (Å²) in [6.07, 6.45) is 0. The molecule has 0 radical (unpaired) electrons. The van der Waals surface area contributed by atoms with E-state index in [1.807, 2.05) is 17.4 Å². The van der Waals surface area contributed by atoms with Gasteiger partial charge in [-0.2, -0.15) is 0 Å². The van der Waals surface area contributed by atoms with Gasteiger partial charge in [0, 0.05) is 64.5 Å². The van der Waals surface area contributed by atoms with Crippen molar-refractivity contribution in [2.24, 2.45) is 0 Å². The first kappa shape index (κ1) is 30.0. The van der Waals surface area contributed by atoms with E-state index in [1.165, 1.54) is 37.0 Å². The number of hydrogen-bond acceptors (Lipinski definition) is 2. The van der Waals surface area contributed by atoms with Crippen LogP contribution in [-0.2, 0) is 0 Å². The molecule has 0 aliphatic rings. The number of hydrogen-bond donors (Lipinski definition) is 0. The van der Waals surface area contributed by atoms with E-state index in [1.54, 1.807) is 12.1 Å². The minimum Gasteiger partial charge on any atom is -0.309 e. The Morgan fingerprint density at radius 1 is 0.396 bits per heavy atom. The number of anilines is 3. The average molecular weight is 700 g/mol. The van der Waals surface area contributed by atoms with Crippen LogP contribution in [0.4, 0.5) is 21.5 Å². The van der Waals surface area contributed by atoms with Crippen molar-refractivity contribution in [3.63, 3.8) is 0 Å². The summed E-state index contributed by atoms with van der Waals surface area (Å²) in [5.41, 5.74) is 9.37. The molecule has 0 saturated carbocycles. The third-order valence-corrected chi connectivity index (χ3v) is 11.7. The van der Waals surface area contributed by atoms with Gasteiger partial charge in [0.1, 0.15) is 5.82 Å². The Morgan fingerprint density at radius 3 is 1.83 bits per heavy atom. The molecule has 0 saturated heterocycles. The maximum atomic E-state index is 15.0. The Bertz CT molecular complexity index is 3210. The van der Waals surface area contributed by atoms with Gasteiger partial charge < -0.3 is 14.0 Å². The number of halogens is 1. The highest BCUT2D eigenvalue weighted by Crippen LogP contribution is 2.46. The van der Waals surface area contributed by atoms with Crippen molar-refractivity contribution in [3.8, 4) is 11.4 Å². The zero-order valence-corrected chi connectivity index (χ0v) is 29.3. The van der Waals surface area contributed by atoms with Gasteiger partial charge in [0.05, 0.1) is 27.8 Å². The Morgan fingerprint density at radius 2 is 1.00 bits per heavy atom. The summed E-state index contributed by atoms with van der Waals surface area (Å²) in [7, 11) is 0. The molecule has 3 nitrogen and oxygen atoms in total. The minimum absolute atomic E-state index is 0.266. The number of para-hydroxylation sites is 4. The maximum Gasteiger partial charge on any atom is 0.125 e. The fourth-order valence-electron chi connectivity index (χ4n) is 8.30.